The third kappa shape index (κ3) is 3.18. The summed E-state index contributed by atoms with van der Waals surface area (Å²) in [7, 11) is 3.14. The topological polar surface area (TPSA) is 67.7 Å². The Balaban J connectivity index is 1.99. The largest absolute Gasteiger partial charge is 0.497 e. The second kappa shape index (κ2) is 6.60. The second-order valence-electron chi connectivity index (χ2n) is 5.36. The summed E-state index contributed by atoms with van der Waals surface area (Å²) >= 11 is 6.26. The molecule has 7 heteroatoms. The zero-order valence-electron chi connectivity index (χ0n) is 12.9. The van der Waals surface area contributed by atoms with E-state index in [0.29, 0.717) is 23.8 Å². The monoisotopic (exact) mass is 335 g/mol. The molecular weight excluding hydrogens is 318 g/mol. The molecule has 23 heavy (non-hydrogen) atoms. The molecule has 1 fully saturated rings. The van der Waals surface area contributed by atoms with Crippen LogP contribution in [0.2, 0.25) is 5.02 Å². The standard InChI is InChI=1S/C16H18ClN3O3/c1-22-12-5-3-4-10(6-12)14-7-11(21)9-20(14)15-13(17)8-18-16(19-15)23-2/h3-6,8,11,14,21H,7,9H2,1-2H3/t11-,14+/m0/s1. The molecule has 6 nitrogen and oxygen atoms in total. The summed E-state index contributed by atoms with van der Waals surface area (Å²) in [6.07, 6.45) is 1.65. The summed E-state index contributed by atoms with van der Waals surface area (Å²) in [5.41, 5.74) is 1.04. The number of halogens is 1. The fraction of sp³-hybridized carbons (Fsp3) is 0.375. The molecule has 2 atom stereocenters. The van der Waals surface area contributed by atoms with Gasteiger partial charge in [0.25, 0.3) is 0 Å². The van der Waals surface area contributed by atoms with Crippen LogP contribution in [0.1, 0.15) is 18.0 Å². The van der Waals surface area contributed by atoms with Gasteiger partial charge in [0, 0.05) is 6.54 Å². The van der Waals surface area contributed by atoms with E-state index in [1.165, 1.54) is 13.3 Å². The molecule has 1 aliphatic rings. The molecule has 0 unspecified atom stereocenters. The smallest absolute Gasteiger partial charge is 0.318 e. The first-order chi connectivity index (χ1) is 11.1. The van der Waals surface area contributed by atoms with Gasteiger partial charge in [-0.15, -0.1) is 0 Å². The van der Waals surface area contributed by atoms with Crippen LogP contribution in [0.3, 0.4) is 0 Å². The Morgan fingerprint density at radius 1 is 1.30 bits per heavy atom. The van der Waals surface area contributed by atoms with Crippen molar-refractivity contribution in [2.24, 2.45) is 0 Å². The molecule has 2 aromatic rings. The van der Waals surface area contributed by atoms with Gasteiger partial charge in [0.2, 0.25) is 0 Å². The fourth-order valence-corrected chi connectivity index (χ4v) is 3.05. The molecule has 1 saturated heterocycles. The number of benzene rings is 1. The number of hydrogen-bond acceptors (Lipinski definition) is 6. The Hall–Kier alpha value is -2.05. The van der Waals surface area contributed by atoms with E-state index >= 15 is 0 Å². The Bertz CT molecular complexity index is 698. The van der Waals surface area contributed by atoms with Crippen molar-refractivity contribution in [1.29, 1.82) is 0 Å². The molecule has 3 rings (SSSR count). The van der Waals surface area contributed by atoms with Crippen molar-refractivity contribution in [3.63, 3.8) is 0 Å². The Labute approximate surface area is 139 Å². The van der Waals surface area contributed by atoms with Crippen molar-refractivity contribution in [3.8, 4) is 11.8 Å². The first kappa shape index (κ1) is 15.8. The number of aliphatic hydroxyl groups is 1. The summed E-state index contributed by atoms with van der Waals surface area (Å²) < 4.78 is 10.4. The fourth-order valence-electron chi connectivity index (χ4n) is 2.85. The molecule has 0 amide bonds. The van der Waals surface area contributed by atoms with Crippen LogP contribution in [0.5, 0.6) is 11.8 Å². The number of rotatable bonds is 4. The van der Waals surface area contributed by atoms with Crippen LogP contribution in [-0.4, -0.2) is 41.9 Å². The van der Waals surface area contributed by atoms with Crippen LogP contribution in [-0.2, 0) is 0 Å². The molecule has 1 N–H and O–H groups in total. The summed E-state index contributed by atoms with van der Waals surface area (Å²) in [5, 5.41) is 10.6. The van der Waals surface area contributed by atoms with Crippen molar-refractivity contribution in [1.82, 2.24) is 9.97 Å². The summed E-state index contributed by atoms with van der Waals surface area (Å²) in [6, 6.07) is 7.98. The molecule has 1 aromatic heterocycles. The van der Waals surface area contributed by atoms with Gasteiger partial charge in [-0.05, 0) is 24.1 Å². The molecule has 0 aliphatic carbocycles. The SMILES string of the molecule is COc1cccc([C@H]2C[C@H](O)CN2c2nc(OC)ncc2Cl)c1. The highest BCUT2D eigenvalue weighted by molar-refractivity contribution is 6.32. The lowest BCUT2D eigenvalue weighted by molar-refractivity contribution is 0.194. The van der Waals surface area contributed by atoms with Crippen LogP contribution in [0.15, 0.2) is 30.5 Å². The van der Waals surface area contributed by atoms with Gasteiger partial charge in [0.15, 0.2) is 5.82 Å². The van der Waals surface area contributed by atoms with Gasteiger partial charge >= 0.3 is 6.01 Å². The number of β-amino-alcohol motifs (C(OH)–C–C–N with tert-alkyl or cyclic N) is 1. The number of nitrogens with zero attached hydrogens (tertiary/aromatic N) is 3. The maximum Gasteiger partial charge on any atom is 0.318 e. The van der Waals surface area contributed by atoms with Crippen molar-refractivity contribution < 1.29 is 14.6 Å². The summed E-state index contributed by atoms with van der Waals surface area (Å²) in [5.74, 6) is 1.33. The van der Waals surface area contributed by atoms with E-state index < -0.39 is 6.10 Å². The molecule has 1 aromatic carbocycles. The maximum atomic E-state index is 10.1. The van der Waals surface area contributed by atoms with Gasteiger partial charge in [-0.3, -0.25) is 0 Å². The molecular formula is C16H18ClN3O3. The Kier molecular flexibility index (Phi) is 4.54. The predicted molar refractivity (Wildman–Crippen MR) is 87.3 cm³/mol. The van der Waals surface area contributed by atoms with E-state index in [1.54, 1.807) is 7.11 Å². The quantitative estimate of drug-likeness (QED) is 0.925. The molecule has 1 aliphatic heterocycles. The average Bonchev–Trinajstić information content (AvgIpc) is 2.97. The van der Waals surface area contributed by atoms with Crippen molar-refractivity contribution in [2.75, 3.05) is 25.7 Å². The zero-order valence-corrected chi connectivity index (χ0v) is 13.7. The third-order valence-corrected chi connectivity index (χ3v) is 4.18. The first-order valence-electron chi connectivity index (χ1n) is 7.27. The van der Waals surface area contributed by atoms with E-state index in [-0.39, 0.29) is 12.1 Å². The predicted octanol–water partition coefficient (Wildman–Crippen LogP) is 2.46. The lowest BCUT2D eigenvalue weighted by Crippen LogP contribution is -2.25. The van der Waals surface area contributed by atoms with Crippen LogP contribution < -0.4 is 14.4 Å². The first-order valence-corrected chi connectivity index (χ1v) is 7.65. The van der Waals surface area contributed by atoms with Crippen LogP contribution >= 0.6 is 11.6 Å². The van der Waals surface area contributed by atoms with Gasteiger partial charge in [0.1, 0.15) is 10.8 Å². The molecule has 0 bridgehead atoms. The van der Waals surface area contributed by atoms with Gasteiger partial charge in [-0.1, -0.05) is 23.7 Å². The number of methoxy groups -OCH3 is 2. The van der Waals surface area contributed by atoms with Crippen molar-refractivity contribution in [2.45, 2.75) is 18.6 Å². The zero-order chi connectivity index (χ0) is 16.4. The van der Waals surface area contributed by atoms with E-state index in [0.717, 1.165) is 11.3 Å². The molecule has 2 heterocycles. The lowest BCUT2D eigenvalue weighted by Gasteiger charge is -2.26. The molecule has 0 spiro atoms. The third-order valence-electron chi connectivity index (χ3n) is 3.92. The molecule has 0 radical (unpaired) electrons. The Morgan fingerprint density at radius 2 is 2.13 bits per heavy atom. The van der Waals surface area contributed by atoms with Gasteiger partial charge in [-0.2, -0.15) is 4.98 Å². The highest BCUT2D eigenvalue weighted by Crippen LogP contribution is 2.39. The normalized spacial score (nSPS) is 20.6. The molecule has 0 saturated carbocycles. The highest BCUT2D eigenvalue weighted by Gasteiger charge is 2.34. The van der Waals surface area contributed by atoms with Gasteiger partial charge in [0.05, 0.1) is 32.6 Å². The van der Waals surface area contributed by atoms with Crippen LogP contribution in [0.25, 0.3) is 0 Å². The van der Waals surface area contributed by atoms with Crippen molar-refractivity contribution >= 4 is 17.4 Å². The van der Waals surface area contributed by atoms with Crippen LogP contribution in [0.4, 0.5) is 5.82 Å². The summed E-state index contributed by atoms with van der Waals surface area (Å²) in [6.45, 7) is 0.446. The second-order valence-corrected chi connectivity index (χ2v) is 5.77. The van der Waals surface area contributed by atoms with Gasteiger partial charge < -0.3 is 19.5 Å². The van der Waals surface area contributed by atoms with Crippen molar-refractivity contribution in [3.05, 3.63) is 41.0 Å². The van der Waals surface area contributed by atoms with E-state index in [1.807, 2.05) is 29.2 Å². The van der Waals surface area contributed by atoms with E-state index in [4.69, 9.17) is 21.1 Å². The minimum Gasteiger partial charge on any atom is -0.497 e. The van der Waals surface area contributed by atoms with Gasteiger partial charge in [-0.25, -0.2) is 4.98 Å². The Morgan fingerprint density at radius 3 is 2.87 bits per heavy atom. The lowest BCUT2D eigenvalue weighted by atomic mass is 10.0. The maximum absolute atomic E-state index is 10.1. The minimum atomic E-state index is -0.455. The summed E-state index contributed by atoms with van der Waals surface area (Å²) in [4.78, 5) is 10.3. The number of hydrogen-bond donors (Lipinski definition) is 1. The number of aliphatic hydroxyl groups excluding tert-OH is 1. The number of ether oxygens (including phenoxy) is 2. The molecule has 122 valence electrons. The van der Waals surface area contributed by atoms with E-state index in [9.17, 15) is 5.11 Å². The number of aromatic nitrogens is 2. The minimum absolute atomic E-state index is 0.0443. The number of anilines is 1. The average molecular weight is 336 g/mol. The van der Waals surface area contributed by atoms with E-state index in [2.05, 4.69) is 9.97 Å². The van der Waals surface area contributed by atoms with Crippen LogP contribution in [0, 0.1) is 0 Å². The highest BCUT2D eigenvalue weighted by atomic mass is 35.5.